The fraction of sp³-hybridized carbons (Fsp3) is 0.786. The second kappa shape index (κ2) is 8.61. The van der Waals surface area contributed by atoms with Gasteiger partial charge in [-0.1, -0.05) is 13.3 Å². The maximum atomic E-state index is 11.8. The molecule has 0 bridgehead atoms. The first-order valence-corrected chi connectivity index (χ1v) is 7.42. The lowest BCUT2D eigenvalue weighted by Gasteiger charge is -2.36. The molecule has 1 saturated heterocycles. The molecule has 2 amide bonds. The van der Waals surface area contributed by atoms with Gasteiger partial charge in [-0.3, -0.25) is 19.3 Å². The highest BCUT2D eigenvalue weighted by Crippen LogP contribution is 2.25. The predicted octanol–water partition coefficient (Wildman–Crippen LogP) is -0.186. The van der Waals surface area contributed by atoms with Gasteiger partial charge in [-0.2, -0.15) is 0 Å². The monoisotopic (exact) mass is 299 g/mol. The summed E-state index contributed by atoms with van der Waals surface area (Å²) in [6.45, 7) is 4.93. The molecule has 21 heavy (non-hydrogen) atoms. The molecule has 120 valence electrons. The quantitative estimate of drug-likeness (QED) is 0.566. The number of aliphatic carboxylic acids is 1. The van der Waals surface area contributed by atoms with Gasteiger partial charge in [0.05, 0.1) is 6.54 Å². The maximum Gasteiger partial charge on any atom is 0.320 e. The standard InChI is InChI=1S/C14H25N3O4/c1-3-11-4-7-17(12(8-11)14(20)21)9-13(19)16-6-5-15-10(2)18/h11-12H,3-9H2,1-2H3,(H,15,18)(H,16,19)(H,20,21). The third kappa shape index (κ3) is 6.12. The van der Waals surface area contributed by atoms with Crippen molar-refractivity contribution in [2.24, 2.45) is 5.92 Å². The molecule has 2 unspecified atom stereocenters. The number of carboxylic acid groups (broad SMARTS) is 1. The van der Waals surface area contributed by atoms with Crippen LogP contribution in [0, 0.1) is 5.92 Å². The molecule has 1 rings (SSSR count). The molecule has 0 aromatic heterocycles. The van der Waals surface area contributed by atoms with Crippen LogP contribution in [0.1, 0.15) is 33.1 Å². The van der Waals surface area contributed by atoms with E-state index in [1.807, 2.05) is 0 Å². The Morgan fingerprint density at radius 2 is 1.90 bits per heavy atom. The first kappa shape index (κ1) is 17.4. The highest BCUT2D eigenvalue weighted by molar-refractivity contribution is 5.80. The van der Waals surface area contributed by atoms with Crippen molar-refractivity contribution in [3.63, 3.8) is 0 Å². The number of amides is 2. The van der Waals surface area contributed by atoms with Crippen molar-refractivity contribution in [3.8, 4) is 0 Å². The minimum atomic E-state index is -0.862. The zero-order chi connectivity index (χ0) is 15.8. The molecule has 3 N–H and O–H groups in total. The molecule has 0 radical (unpaired) electrons. The van der Waals surface area contributed by atoms with E-state index in [0.717, 1.165) is 12.8 Å². The van der Waals surface area contributed by atoms with Crippen molar-refractivity contribution in [2.75, 3.05) is 26.2 Å². The number of hydrogen-bond acceptors (Lipinski definition) is 4. The second-order valence-corrected chi connectivity index (χ2v) is 5.46. The zero-order valence-electron chi connectivity index (χ0n) is 12.7. The van der Waals surface area contributed by atoms with Gasteiger partial charge in [-0.15, -0.1) is 0 Å². The van der Waals surface area contributed by atoms with E-state index in [2.05, 4.69) is 17.6 Å². The molecule has 0 saturated carbocycles. The normalized spacial score (nSPS) is 22.6. The van der Waals surface area contributed by atoms with Gasteiger partial charge in [0.1, 0.15) is 6.04 Å². The number of carbonyl (C=O) groups is 3. The number of piperidine rings is 1. The summed E-state index contributed by atoms with van der Waals surface area (Å²) in [4.78, 5) is 35.5. The Hall–Kier alpha value is -1.63. The van der Waals surface area contributed by atoms with Crippen molar-refractivity contribution >= 4 is 17.8 Å². The van der Waals surface area contributed by atoms with Gasteiger partial charge in [0.15, 0.2) is 0 Å². The van der Waals surface area contributed by atoms with Crippen LogP contribution >= 0.6 is 0 Å². The van der Waals surface area contributed by atoms with Crippen LogP contribution < -0.4 is 10.6 Å². The Morgan fingerprint density at radius 1 is 1.24 bits per heavy atom. The number of hydrogen-bond donors (Lipinski definition) is 3. The summed E-state index contributed by atoms with van der Waals surface area (Å²) in [5.74, 6) is -0.789. The Morgan fingerprint density at radius 3 is 2.48 bits per heavy atom. The van der Waals surface area contributed by atoms with Crippen LogP contribution in [0.3, 0.4) is 0 Å². The van der Waals surface area contributed by atoms with Crippen molar-refractivity contribution in [1.82, 2.24) is 15.5 Å². The number of nitrogens with zero attached hydrogens (tertiary/aromatic N) is 1. The lowest BCUT2D eigenvalue weighted by atomic mass is 9.89. The Labute approximate surface area is 125 Å². The van der Waals surface area contributed by atoms with Crippen LogP contribution in [-0.2, 0) is 14.4 Å². The van der Waals surface area contributed by atoms with Gasteiger partial charge in [0.25, 0.3) is 0 Å². The summed E-state index contributed by atoms with van der Waals surface area (Å²) in [6.07, 6.45) is 2.50. The Bertz CT molecular complexity index is 386. The maximum absolute atomic E-state index is 11.8. The van der Waals surface area contributed by atoms with E-state index < -0.39 is 12.0 Å². The van der Waals surface area contributed by atoms with Crippen molar-refractivity contribution in [2.45, 2.75) is 39.2 Å². The number of carboxylic acids is 1. The summed E-state index contributed by atoms with van der Waals surface area (Å²) in [7, 11) is 0. The van der Waals surface area contributed by atoms with Gasteiger partial charge >= 0.3 is 5.97 Å². The van der Waals surface area contributed by atoms with Crippen LogP contribution in [0.4, 0.5) is 0 Å². The molecule has 0 aromatic rings. The minimum Gasteiger partial charge on any atom is -0.480 e. The molecule has 1 aliphatic heterocycles. The lowest BCUT2D eigenvalue weighted by Crippen LogP contribution is -2.51. The van der Waals surface area contributed by atoms with E-state index in [4.69, 9.17) is 0 Å². The zero-order valence-corrected chi connectivity index (χ0v) is 12.7. The average molecular weight is 299 g/mol. The summed E-state index contributed by atoms with van der Waals surface area (Å²) in [6, 6.07) is -0.579. The lowest BCUT2D eigenvalue weighted by molar-refractivity contribution is -0.146. The fourth-order valence-corrected chi connectivity index (χ4v) is 2.58. The van der Waals surface area contributed by atoms with Crippen LogP contribution in [0.25, 0.3) is 0 Å². The van der Waals surface area contributed by atoms with Crippen molar-refractivity contribution < 1.29 is 19.5 Å². The van der Waals surface area contributed by atoms with Gasteiger partial charge in [0.2, 0.25) is 11.8 Å². The Kier molecular flexibility index (Phi) is 7.14. The average Bonchev–Trinajstić information content (AvgIpc) is 2.43. The molecule has 0 spiro atoms. The SMILES string of the molecule is CCC1CCN(CC(=O)NCCNC(C)=O)C(C(=O)O)C1. The fourth-order valence-electron chi connectivity index (χ4n) is 2.58. The molecule has 1 aliphatic rings. The van der Waals surface area contributed by atoms with Crippen molar-refractivity contribution in [1.29, 1.82) is 0 Å². The smallest absolute Gasteiger partial charge is 0.320 e. The largest absolute Gasteiger partial charge is 0.480 e. The van der Waals surface area contributed by atoms with E-state index in [9.17, 15) is 19.5 Å². The predicted molar refractivity (Wildman–Crippen MR) is 77.7 cm³/mol. The van der Waals surface area contributed by atoms with Crippen molar-refractivity contribution in [3.05, 3.63) is 0 Å². The first-order chi connectivity index (χ1) is 9.93. The summed E-state index contributed by atoms with van der Waals surface area (Å²) in [5, 5.41) is 14.6. The second-order valence-electron chi connectivity index (χ2n) is 5.46. The van der Waals surface area contributed by atoms with E-state index in [1.54, 1.807) is 4.90 Å². The van der Waals surface area contributed by atoms with E-state index in [1.165, 1.54) is 6.92 Å². The van der Waals surface area contributed by atoms with Gasteiger partial charge in [-0.05, 0) is 25.3 Å². The third-order valence-corrected chi connectivity index (χ3v) is 3.85. The highest BCUT2D eigenvalue weighted by Gasteiger charge is 2.33. The summed E-state index contributed by atoms with van der Waals surface area (Å²) < 4.78 is 0. The molecule has 1 fully saturated rings. The number of likely N-dealkylation sites (tertiary alicyclic amines) is 1. The van der Waals surface area contributed by atoms with Gasteiger partial charge in [0, 0.05) is 20.0 Å². The molecule has 1 heterocycles. The first-order valence-electron chi connectivity index (χ1n) is 7.42. The molecule has 2 atom stereocenters. The summed E-state index contributed by atoms with van der Waals surface area (Å²) in [5.41, 5.74) is 0. The molecule has 7 heteroatoms. The third-order valence-electron chi connectivity index (χ3n) is 3.85. The van der Waals surface area contributed by atoms with E-state index >= 15 is 0 Å². The molecule has 7 nitrogen and oxygen atoms in total. The number of nitrogens with one attached hydrogen (secondary N) is 2. The Balaban J connectivity index is 2.39. The number of carbonyl (C=O) groups excluding carboxylic acids is 2. The molecule has 0 aromatic carbocycles. The van der Waals surface area contributed by atoms with Crippen LogP contribution in [0.2, 0.25) is 0 Å². The van der Waals surface area contributed by atoms with Gasteiger partial charge in [-0.25, -0.2) is 0 Å². The number of rotatable bonds is 7. The van der Waals surface area contributed by atoms with E-state index in [0.29, 0.717) is 32.0 Å². The van der Waals surface area contributed by atoms with Gasteiger partial charge < -0.3 is 15.7 Å². The summed E-state index contributed by atoms with van der Waals surface area (Å²) >= 11 is 0. The highest BCUT2D eigenvalue weighted by atomic mass is 16.4. The minimum absolute atomic E-state index is 0.0907. The molecular formula is C14H25N3O4. The van der Waals surface area contributed by atoms with Crippen LogP contribution in [0.5, 0.6) is 0 Å². The van der Waals surface area contributed by atoms with Crippen LogP contribution in [-0.4, -0.2) is 60.0 Å². The van der Waals surface area contributed by atoms with E-state index in [-0.39, 0.29) is 18.4 Å². The van der Waals surface area contributed by atoms with Crippen LogP contribution in [0.15, 0.2) is 0 Å². The molecular weight excluding hydrogens is 274 g/mol. The topological polar surface area (TPSA) is 98.7 Å². The molecule has 0 aliphatic carbocycles.